The molecule has 1 aliphatic rings. The van der Waals surface area contributed by atoms with E-state index in [1.54, 1.807) is 0 Å². The number of rotatable bonds is 5. The highest BCUT2D eigenvalue weighted by Gasteiger charge is 2.16. The molecule has 0 bridgehead atoms. The van der Waals surface area contributed by atoms with Crippen LogP contribution >= 0.6 is 0 Å². The number of hydrogen-bond donors (Lipinski definition) is 0. The van der Waals surface area contributed by atoms with Gasteiger partial charge >= 0.3 is 0 Å². The Bertz CT molecular complexity index is 163. The largest absolute Gasteiger partial charge is 0.377 e. The molecule has 0 N–H and O–H groups in total. The van der Waals surface area contributed by atoms with E-state index in [1.807, 2.05) is 0 Å². The van der Waals surface area contributed by atoms with Crippen LogP contribution in [-0.4, -0.2) is 12.7 Å². The molecule has 1 heterocycles. The molecule has 82 valence electrons. The summed E-state index contributed by atoms with van der Waals surface area (Å²) in [6.45, 7) is 5.44. The monoisotopic (exact) mass is 196 g/mol. The molecular weight excluding hydrogens is 172 g/mol. The van der Waals surface area contributed by atoms with E-state index in [9.17, 15) is 0 Å². The van der Waals surface area contributed by atoms with Gasteiger partial charge in [-0.15, -0.1) is 0 Å². The van der Waals surface area contributed by atoms with Gasteiger partial charge in [0.15, 0.2) is 0 Å². The highest BCUT2D eigenvalue weighted by Crippen LogP contribution is 2.19. The molecule has 14 heavy (non-hydrogen) atoms. The van der Waals surface area contributed by atoms with E-state index in [1.165, 1.54) is 32.1 Å². The van der Waals surface area contributed by atoms with Crippen molar-refractivity contribution in [2.45, 2.75) is 58.5 Å². The molecule has 0 amide bonds. The van der Waals surface area contributed by atoms with Gasteiger partial charge in [-0.25, -0.2) is 0 Å². The second-order valence-electron chi connectivity index (χ2n) is 4.33. The summed E-state index contributed by atoms with van der Waals surface area (Å²) in [7, 11) is 0. The van der Waals surface area contributed by atoms with Gasteiger partial charge in [0.05, 0.1) is 12.7 Å². The summed E-state index contributed by atoms with van der Waals surface area (Å²) in [4.78, 5) is 0. The Labute approximate surface area is 88.5 Å². The lowest BCUT2D eigenvalue weighted by Gasteiger charge is -2.20. The molecule has 0 saturated carbocycles. The van der Waals surface area contributed by atoms with Crippen molar-refractivity contribution in [3.63, 3.8) is 0 Å². The fraction of sp³-hybridized carbons (Fsp3) is 0.846. The first-order valence-electron chi connectivity index (χ1n) is 6.13. The molecule has 1 heteroatoms. The maximum atomic E-state index is 5.83. The molecule has 0 radical (unpaired) electrons. The molecule has 1 nitrogen and oxygen atoms in total. The third kappa shape index (κ3) is 4.28. The molecule has 1 aliphatic heterocycles. The molecule has 0 spiro atoms. The first kappa shape index (κ1) is 11.8. The predicted molar refractivity (Wildman–Crippen MR) is 61.4 cm³/mol. The minimum atomic E-state index is 0.477. The maximum Gasteiger partial charge on any atom is 0.0635 e. The molecule has 1 rings (SSSR count). The number of unbranched alkanes of at least 4 members (excludes halogenated alkanes) is 3. The van der Waals surface area contributed by atoms with Crippen LogP contribution in [0.5, 0.6) is 0 Å². The zero-order valence-corrected chi connectivity index (χ0v) is 9.67. The van der Waals surface area contributed by atoms with Crippen LogP contribution in [-0.2, 0) is 4.74 Å². The number of ether oxygens (including phenoxy) is 1. The Morgan fingerprint density at radius 2 is 2.14 bits per heavy atom. The Morgan fingerprint density at radius 3 is 2.93 bits per heavy atom. The summed E-state index contributed by atoms with van der Waals surface area (Å²) < 4.78 is 5.83. The Morgan fingerprint density at radius 1 is 1.29 bits per heavy atom. The first-order valence-corrected chi connectivity index (χ1v) is 6.13. The van der Waals surface area contributed by atoms with Crippen LogP contribution in [0, 0.1) is 5.92 Å². The Kier molecular flexibility index (Phi) is 5.93. The third-order valence-corrected chi connectivity index (χ3v) is 2.98. The van der Waals surface area contributed by atoms with Crippen LogP contribution in [0.3, 0.4) is 0 Å². The Hall–Kier alpha value is -0.300. The molecular formula is C13H24O. The molecule has 0 unspecified atom stereocenters. The smallest absolute Gasteiger partial charge is 0.0635 e. The fourth-order valence-corrected chi connectivity index (χ4v) is 1.99. The van der Waals surface area contributed by atoms with Crippen LogP contribution in [0.4, 0.5) is 0 Å². The lowest BCUT2D eigenvalue weighted by Crippen LogP contribution is -2.19. The molecule has 2 atom stereocenters. The zero-order valence-electron chi connectivity index (χ0n) is 9.67. The van der Waals surface area contributed by atoms with Crippen molar-refractivity contribution in [1.29, 1.82) is 0 Å². The van der Waals surface area contributed by atoms with E-state index in [0.717, 1.165) is 13.0 Å². The van der Waals surface area contributed by atoms with Gasteiger partial charge in [0.2, 0.25) is 0 Å². The van der Waals surface area contributed by atoms with E-state index >= 15 is 0 Å². The number of hydrogen-bond acceptors (Lipinski definition) is 1. The highest BCUT2D eigenvalue weighted by atomic mass is 16.5. The predicted octanol–water partition coefficient (Wildman–Crippen LogP) is 3.94. The van der Waals surface area contributed by atoms with Crippen molar-refractivity contribution in [1.82, 2.24) is 0 Å². The second-order valence-corrected chi connectivity index (χ2v) is 4.33. The lowest BCUT2D eigenvalue weighted by atomic mass is 9.98. The van der Waals surface area contributed by atoms with Gasteiger partial charge in [0.1, 0.15) is 0 Å². The van der Waals surface area contributed by atoms with Gasteiger partial charge in [0, 0.05) is 5.92 Å². The fourth-order valence-electron chi connectivity index (χ4n) is 1.99. The van der Waals surface area contributed by atoms with Gasteiger partial charge < -0.3 is 4.74 Å². The van der Waals surface area contributed by atoms with E-state index in [0.29, 0.717) is 12.0 Å². The normalized spacial score (nSPS) is 27.6. The summed E-state index contributed by atoms with van der Waals surface area (Å²) in [5.74, 6) is 0.610. The molecule has 0 aromatic heterocycles. The summed E-state index contributed by atoms with van der Waals surface area (Å²) in [5, 5.41) is 0. The maximum absolute atomic E-state index is 5.83. The highest BCUT2D eigenvalue weighted by molar-refractivity contribution is 4.92. The second kappa shape index (κ2) is 7.05. The average molecular weight is 196 g/mol. The summed E-state index contributed by atoms with van der Waals surface area (Å²) in [6, 6.07) is 0. The molecule has 0 aromatic rings. The standard InChI is InChI=1S/C13H24O/c1-3-4-5-6-10-13-12(2)9-7-8-11-14-13/h7,9,12-13H,3-6,8,10-11H2,1-2H3/t12-,13+/m0/s1. The zero-order chi connectivity index (χ0) is 10.2. The Balaban J connectivity index is 2.17. The van der Waals surface area contributed by atoms with Crippen molar-refractivity contribution in [2.75, 3.05) is 6.61 Å². The molecule has 0 saturated heterocycles. The van der Waals surface area contributed by atoms with Crippen LogP contribution in [0.15, 0.2) is 12.2 Å². The minimum Gasteiger partial charge on any atom is -0.377 e. The first-order chi connectivity index (χ1) is 6.84. The third-order valence-electron chi connectivity index (χ3n) is 2.98. The topological polar surface area (TPSA) is 9.23 Å². The van der Waals surface area contributed by atoms with Crippen LogP contribution < -0.4 is 0 Å². The van der Waals surface area contributed by atoms with Crippen molar-refractivity contribution in [3.05, 3.63) is 12.2 Å². The van der Waals surface area contributed by atoms with Gasteiger partial charge in [0.25, 0.3) is 0 Å². The van der Waals surface area contributed by atoms with E-state index in [4.69, 9.17) is 4.74 Å². The van der Waals surface area contributed by atoms with Gasteiger partial charge in [-0.05, 0) is 12.8 Å². The summed E-state index contributed by atoms with van der Waals surface area (Å²) in [5.41, 5.74) is 0. The quantitative estimate of drug-likeness (QED) is 0.478. The van der Waals surface area contributed by atoms with Crippen LogP contribution in [0.25, 0.3) is 0 Å². The van der Waals surface area contributed by atoms with E-state index < -0.39 is 0 Å². The summed E-state index contributed by atoms with van der Waals surface area (Å²) >= 11 is 0. The van der Waals surface area contributed by atoms with Crippen molar-refractivity contribution >= 4 is 0 Å². The van der Waals surface area contributed by atoms with Gasteiger partial charge in [-0.1, -0.05) is 51.7 Å². The van der Waals surface area contributed by atoms with Crippen molar-refractivity contribution in [2.24, 2.45) is 5.92 Å². The molecule has 0 aliphatic carbocycles. The lowest BCUT2D eigenvalue weighted by molar-refractivity contribution is 0.0299. The van der Waals surface area contributed by atoms with Gasteiger partial charge in [-0.2, -0.15) is 0 Å². The van der Waals surface area contributed by atoms with E-state index in [-0.39, 0.29) is 0 Å². The molecule has 0 aromatic carbocycles. The minimum absolute atomic E-state index is 0.477. The SMILES string of the molecule is CCCCCC[C@H]1OCCC=C[C@@H]1C. The molecule has 0 fully saturated rings. The van der Waals surface area contributed by atoms with Crippen molar-refractivity contribution in [3.8, 4) is 0 Å². The van der Waals surface area contributed by atoms with Gasteiger partial charge in [-0.3, -0.25) is 0 Å². The van der Waals surface area contributed by atoms with Crippen LogP contribution in [0.1, 0.15) is 52.4 Å². The van der Waals surface area contributed by atoms with Crippen LogP contribution in [0.2, 0.25) is 0 Å². The average Bonchev–Trinajstić information content (AvgIpc) is 2.39. The van der Waals surface area contributed by atoms with Crippen molar-refractivity contribution < 1.29 is 4.74 Å². The summed E-state index contributed by atoms with van der Waals surface area (Å²) in [6.07, 6.45) is 12.8. The van der Waals surface area contributed by atoms with E-state index in [2.05, 4.69) is 26.0 Å².